The fourth-order valence-corrected chi connectivity index (χ4v) is 3.23. The molecule has 0 spiro atoms. The summed E-state index contributed by atoms with van der Waals surface area (Å²) < 4.78 is 3.66. The van der Waals surface area contributed by atoms with E-state index in [1.807, 2.05) is 26.4 Å². The van der Waals surface area contributed by atoms with Crippen molar-refractivity contribution in [3.63, 3.8) is 0 Å². The number of aliphatic hydroxyl groups is 1. The highest BCUT2D eigenvalue weighted by Crippen LogP contribution is 2.23. The van der Waals surface area contributed by atoms with Crippen molar-refractivity contribution in [2.24, 2.45) is 4.99 Å². The number of nitrogens with zero attached hydrogens (tertiary/aromatic N) is 8. The summed E-state index contributed by atoms with van der Waals surface area (Å²) in [6, 6.07) is 1.93. The normalized spacial score (nSPS) is 13.1. The second-order valence-corrected chi connectivity index (χ2v) is 6.39. The predicted molar refractivity (Wildman–Crippen MR) is 108 cm³/mol. The number of anilines is 3. The molecule has 1 aliphatic rings. The van der Waals surface area contributed by atoms with E-state index in [1.165, 1.54) is 6.33 Å². The number of fused-ring (bicyclic) bond motifs is 2. The van der Waals surface area contributed by atoms with Gasteiger partial charge in [0.05, 0.1) is 24.5 Å². The molecule has 0 saturated heterocycles. The van der Waals surface area contributed by atoms with E-state index in [4.69, 9.17) is 0 Å². The van der Waals surface area contributed by atoms with Crippen molar-refractivity contribution in [3.05, 3.63) is 43.0 Å². The first-order valence-electron chi connectivity index (χ1n) is 9.06. The first-order chi connectivity index (χ1) is 14.3. The highest BCUT2D eigenvalue weighted by Gasteiger charge is 2.17. The average molecular weight is 393 g/mol. The summed E-state index contributed by atoms with van der Waals surface area (Å²) in [4.78, 5) is 26.8. The minimum atomic E-state index is 0.0305. The van der Waals surface area contributed by atoms with Crippen LogP contribution in [0.1, 0.15) is 5.69 Å². The lowest BCUT2D eigenvalue weighted by Gasteiger charge is -2.24. The molecule has 4 aromatic rings. The molecular weight excluding hydrogens is 374 g/mol. The molecule has 0 aromatic carbocycles. The molecule has 5 heterocycles. The Hall–Kier alpha value is -3.93. The number of imidazole rings is 2. The fraction of sp³-hybridized carbons (Fsp3) is 0.235. The van der Waals surface area contributed by atoms with E-state index in [-0.39, 0.29) is 6.61 Å². The standard InChI is InChI=1S/C17H19N11O/c29-6-5-26-4-2-19-17(26)25-14-12-1-3-28(15(12)22-9-21-14)24-11-27-10-18-7-13-16(27)23-8-20-13/h1-4,7-9,24,29H,5-6,10-11H2,(H,20,23)(H,19,21,22,25). The van der Waals surface area contributed by atoms with Gasteiger partial charge in [0.25, 0.3) is 0 Å². The quantitative estimate of drug-likeness (QED) is 0.356. The van der Waals surface area contributed by atoms with Gasteiger partial charge in [-0.1, -0.05) is 0 Å². The predicted octanol–water partition coefficient (Wildman–Crippen LogP) is 0.484. The number of aliphatic imine (C=N–C) groups is 1. The van der Waals surface area contributed by atoms with Crippen LogP contribution in [0.2, 0.25) is 0 Å². The summed E-state index contributed by atoms with van der Waals surface area (Å²) in [5.41, 5.74) is 4.95. The molecule has 0 unspecified atom stereocenters. The maximum Gasteiger partial charge on any atom is 0.208 e. The van der Waals surface area contributed by atoms with Crippen LogP contribution in [0.25, 0.3) is 11.0 Å². The molecule has 148 valence electrons. The molecule has 0 atom stereocenters. The van der Waals surface area contributed by atoms with Crippen LogP contribution >= 0.6 is 0 Å². The van der Waals surface area contributed by atoms with Crippen LogP contribution in [0, 0.1) is 0 Å². The van der Waals surface area contributed by atoms with Crippen molar-refractivity contribution in [2.45, 2.75) is 6.54 Å². The van der Waals surface area contributed by atoms with Gasteiger partial charge in [-0.15, -0.1) is 0 Å². The van der Waals surface area contributed by atoms with Gasteiger partial charge in [-0.2, -0.15) is 0 Å². The molecule has 0 amide bonds. The monoisotopic (exact) mass is 393 g/mol. The van der Waals surface area contributed by atoms with Gasteiger partial charge >= 0.3 is 0 Å². The third kappa shape index (κ3) is 3.14. The Kier molecular flexibility index (Phi) is 4.29. The van der Waals surface area contributed by atoms with Crippen molar-refractivity contribution in [1.29, 1.82) is 0 Å². The van der Waals surface area contributed by atoms with E-state index in [2.05, 4.69) is 40.7 Å². The minimum absolute atomic E-state index is 0.0305. The molecule has 12 nitrogen and oxygen atoms in total. The fourth-order valence-electron chi connectivity index (χ4n) is 3.23. The van der Waals surface area contributed by atoms with Crippen molar-refractivity contribution < 1.29 is 5.11 Å². The Bertz CT molecular complexity index is 1160. The zero-order chi connectivity index (χ0) is 19.6. The smallest absolute Gasteiger partial charge is 0.208 e. The summed E-state index contributed by atoms with van der Waals surface area (Å²) in [5.74, 6) is 2.10. The van der Waals surface area contributed by atoms with Gasteiger partial charge in [-0.25, -0.2) is 24.6 Å². The van der Waals surface area contributed by atoms with Crippen LogP contribution in [0.15, 0.2) is 42.3 Å². The van der Waals surface area contributed by atoms with Gasteiger partial charge in [0, 0.05) is 25.1 Å². The van der Waals surface area contributed by atoms with E-state index < -0.39 is 0 Å². The Morgan fingerprint density at radius 3 is 3.07 bits per heavy atom. The average Bonchev–Trinajstić information content (AvgIpc) is 3.47. The number of aromatic amines is 1. The van der Waals surface area contributed by atoms with Gasteiger partial charge < -0.3 is 30.3 Å². The largest absolute Gasteiger partial charge is 0.395 e. The van der Waals surface area contributed by atoms with Crippen molar-refractivity contribution in [3.8, 4) is 0 Å². The maximum absolute atomic E-state index is 9.19. The molecule has 0 saturated carbocycles. The maximum atomic E-state index is 9.19. The number of hydrogen-bond donors (Lipinski definition) is 4. The zero-order valence-electron chi connectivity index (χ0n) is 15.4. The Morgan fingerprint density at radius 1 is 1.17 bits per heavy atom. The van der Waals surface area contributed by atoms with E-state index in [1.54, 1.807) is 24.9 Å². The van der Waals surface area contributed by atoms with Gasteiger partial charge in [-0.3, -0.25) is 4.99 Å². The molecule has 12 heteroatoms. The second kappa shape index (κ2) is 7.24. The van der Waals surface area contributed by atoms with E-state index in [0.717, 1.165) is 22.5 Å². The number of nitrogens with one attached hydrogen (secondary N) is 3. The number of rotatable bonds is 7. The van der Waals surface area contributed by atoms with Crippen molar-refractivity contribution >= 4 is 34.8 Å². The first kappa shape index (κ1) is 17.2. The van der Waals surface area contributed by atoms with Crippen LogP contribution in [-0.4, -0.2) is 65.4 Å². The molecule has 1 aliphatic heterocycles. The van der Waals surface area contributed by atoms with Gasteiger partial charge in [0.1, 0.15) is 31.2 Å². The molecular formula is C17H19N11O. The molecule has 5 rings (SSSR count). The lowest BCUT2D eigenvalue weighted by Crippen LogP contribution is -2.35. The summed E-state index contributed by atoms with van der Waals surface area (Å²) >= 11 is 0. The third-order valence-corrected chi connectivity index (χ3v) is 4.62. The SMILES string of the molecule is OCCn1ccnc1Nc1ncnc2c1ccn2NCN1CN=Cc2[nH]cnc21. The summed E-state index contributed by atoms with van der Waals surface area (Å²) in [7, 11) is 0. The molecule has 0 fully saturated rings. The van der Waals surface area contributed by atoms with E-state index in [9.17, 15) is 5.11 Å². The van der Waals surface area contributed by atoms with Gasteiger partial charge in [0.15, 0.2) is 11.5 Å². The van der Waals surface area contributed by atoms with E-state index in [0.29, 0.717) is 31.6 Å². The summed E-state index contributed by atoms with van der Waals surface area (Å²) in [6.45, 7) is 1.52. The van der Waals surface area contributed by atoms with Crippen molar-refractivity contribution in [1.82, 2.24) is 34.2 Å². The highest BCUT2D eigenvalue weighted by atomic mass is 16.3. The Labute approximate surface area is 164 Å². The second-order valence-electron chi connectivity index (χ2n) is 6.39. The topological polar surface area (TPSA) is 137 Å². The van der Waals surface area contributed by atoms with Crippen LogP contribution in [0.5, 0.6) is 0 Å². The molecule has 0 aliphatic carbocycles. The van der Waals surface area contributed by atoms with Crippen molar-refractivity contribution in [2.75, 3.05) is 35.6 Å². The molecule has 4 N–H and O–H groups in total. The highest BCUT2D eigenvalue weighted by molar-refractivity contribution is 5.89. The third-order valence-electron chi connectivity index (χ3n) is 4.62. The van der Waals surface area contributed by atoms with Gasteiger partial charge in [-0.05, 0) is 6.07 Å². The minimum Gasteiger partial charge on any atom is -0.395 e. The Morgan fingerprint density at radius 2 is 2.14 bits per heavy atom. The van der Waals surface area contributed by atoms with Gasteiger partial charge in [0.2, 0.25) is 5.95 Å². The lowest BCUT2D eigenvalue weighted by atomic mass is 10.4. The molecule has 4 aromatic heterocycles. The number of hydrogen-bond acceptors (Lipinski definition) is 9. The van der Waals surface area contributed by atoms with Crippen LogP contribution in [0.4, 0.5) is 17.6 Å². The Balaban J connectivity index is 1.36. The number of aromatic nitrogens is 7. The molecule has 0 radical (unpaired) electrons. The van der Waals surface area contributed by atoms with Crippen LogP contribution < -0.4 is 15.6 Å². The van der Waals surface area contributed by atoms with Crippen LogP contribution in [0.3, 0.4) is 0 Å². The number of H-pyrrole nitrogens is 1. The zero-order valence-corrected chi connectivity index (χ0v) is 15.4. The summed E-state index contributed by atoms with van der Waals surface area (Å²) in [6.07, 6.45) is 10.3. The molecule has 29 heavy (non-hydrogen) atoms. The molecule has 0 bridgehead atoms. The number of aliphatic hydroxyl groups excluding tert-OH is 1. The van der Waals surface area contributed by atoms with E-state index >= 15 is 0 Å². The lowest BCUT2D eigenvalue weighted by molar-refractivity contribution is 0.277. The van der Waals surface area contributed by atoms with Crippen LogP contribution in [-0.2, 0) is 6.54 Å². The summed E-state index contributed by atoms with van der Waals surface area (Å²) in [5, 5.41) is 13.2. The first-order valence-corrected chi connectivity index (χ1v) is 9.06.